The number of rotatable bonds is 4. The molecule has 126 valence electrons. The maximum Gasteiger partial charge on any atom is 0.243 e. The zero-order valence-corrected chi connectivity index (χ0v) is 14.4. The van der Waals surface area contributed by atoms with Crippen molar-refractivity contribution in [2.75, 3.05) is 6.54 Å². The van der Waals surface area contributed by atoms with E-state index in [4.69, 9.17) is 5.73 Å². The number of hydrogen-bond donors (Lipinski definition) is 2. The van der Waals surface area contributed by atoms with Crippen LogP contribution in [0, 0.1) is 12.7 Å². The average molecular weight is 351 g/mol. The number of aryl methyl sites for hydroxylation is 1. The summed E-state index contributed by atoms with van der Waals surface area (Å²) in [5.41, 5.74) is 6.47. The highest BCUT2D eigenvalue weighted by atomic mass is 35.5. The Labute approximate surface area is 138 Å². The van der Waals surface area contributed by atoms with Crippen molar-refractivity contribution >= 4 is 22.4 Å². The summed E-state index contributed by atoms with van der Waals surface area (Å²) in [6, 6.07) is 4.06. The molecule has 1 aliphatic rings. The van der Waals surface area contributed by atoms with E-state index in [0.717, 1.165) is 38.5 Å². The monoisotopic (exact) mass is 350 g/mol. The standard InChI is InChI=1S/C15H23FN2O2S.ClH/c1-12-6-7-13(16)14(10-12)21(19,20)18-11-15(17)8-4-2-3-5-9-15;/h6-7,10,18H,2-5,8-9,11,17H2,1H3;1H. The first-order chi connectivity index (χ1) is 9.82. The second kappa shape index (κ2) is 7.73. The fourth-order valence-electron chi connectivity index (χ4n) is 2.74. The number of hydrogen-bond acceptors (Lipinski definition) is 3. The van der Waals surface area contributed by atoms with E-state index in [1.807, 2.05) is 0 Å². The summed E-state index contributed by atoms with van der Waals surface area (Å²) < 4.78 is 40.8. The first-order valence-corrected chi connectivity index (χ1v) is 8.85. The second-order valence-electron chi connectivity index (χ2n) is 6.04. The van der Waals surface area contributed by atoms with Gasteiger partial charge in [0.2, 0.25) is 10.0 Å². The Hall–Kier alpha value is -0.690. The highest BCUT2D eigenvalue weighted by Crippen LogP contribution is 2.25. The maximum atomic E-state index is 13.7. The molecule has 3 N–H and O–H groups in total. The van der Waals surface area contributed by atoms with Gasteiger partial charge in [-0.1, -0.05) is 31.7 Å². The van der Waals surface area contributed by atoms with Gasteiger partial charge in [0, 0.05) is 12.1 Å². The smallest absolute Gasteiger partial charge is 0.243 e. The van der Waals surface area contributed by atoms with Crippen molar-refractivity contribution in [1.82, 2.24) is 4.72 Å². The molecule has 4 nitrogen and oxygen atoms in total. The van der Waals surface area contributed by atoms with E-state index in [0.29, 0.717) is 5.56 Å². The minimum absolute atomic E-state index is 0. The Bertz CT molecular complexity index is 600. The molecule has 0 radical (unpaired) electrons. The number of halogens is 2. The van der Waals surface area contributed by atoms with Gasteiger partial charge in [0.1, 0.15) is 10.7 Å². The largest absolute Gasteiger partial charge is 0.324 e. The van der Waals surface area contributed by atoms with Crippen LogP contribution in [0.4, 0.5) is 4.39 Å². The van der Waals surface area contributed by atoms with E-state index in [1.165, 1.54) is 12.1 Å². The summed E-state index contributed by atoms with van der Waals surface area (Å²) in [4.78, 5) is -0.306. The SMILES string of the molecule is Cc1ccc(F)c(S(=O)(=O)NCC2(N)CCCCCC2)c1.Cl. The molecule has 7 heteroatoms. The second-order valence-corrected chi connectivity index (χ2v) is 7.77. The van der Waals surface area contributed by atoms with Crippen LogP contribution in [0.25, 0.3) is 0 Å². The van der Waals surface area contributed by atoms with E-state index >= 15 is 0 Å². The zero-order chi connectivity index (χ0) is 15.5. The van der Waals surface area contributed by atoms with E-state index in [9.17, 15) is 12.8 Å². The topological polar surface area (TPSA) is 72.2 Å². The fourth-order valence-corrected chi connectivity index (χ4v) is 4.04. The summed E-state index contributed by atoms with van der Waals surface area (Å²) >= 11 is 0. The first kappa shape index (κ1) is 19.4. The molecule has 2 rings (SSSR count). The Kier molecular flexibility index (Phi) is 6.80. The molecule has 0 unspecified atom stereocenters. The van der Waals surface area contributed by atoms with Crippen LogP contribution in [0.15, 0.2) is 23.1 Å². The lowest BCUT2D eigenvalue weighted by Crippen LogP contribution is -2.49. The molecule has 0 aliphatic heterocycles. The third kappa shape index (κ3) is 4.91. The summed E-state index contributed by atoms with van der Waals surface area (Å²) in [7, 11) is -3.87. The van der Waals surface area contributed by atoms with Crippen molar-refractivity contribution in [3.63, 3.8) is 0 Å². The molecule has 0 saturated heterocycles. The van der Waals surface area contributed by atoms with Crippen LogP contribution < -0.4 is 10.5 Å². The van der Waals surface area contributed by atoms with Crippen LogP contribution in [0.3, 0.4) is 0 Å². The van der Waals surface area contributed by atoms with Crippen LogP contribution in [-0.2, 0) is 10.0 Å². The Morgan fingerprint density at radius 2 is 1.82 bits per heavy atom. The molecular weight excluding hydrogens is 327 g/mol. The van der Waals surface area contributed by atoms with E-state index in [1.54, 1.807) is 13.0 Å². The predicted molar refractivity (Wildman–Crippen MR) is 88.2 cm³/mol. The predicted octanol–water partition coefficient (Wildman–Crippen LogP) is 2.89. The molecule has 22 heavy (non-hydrogen) atoms. The summed E-state index contributed by atoms with van der Waals surface area (Å²) in [6.07, 6.45) is 5.89. The molecule has 0 spiro atoms. The Balaban J connectivity index is 0.00000242. The molecule has 1 saturated carbocycles. The van der Waals surface area contributed by atoms with E-state index < -0.39 is 21.4 Å². The first-order valence-electron chi connectivity index (χ1n) is 7.37. The summed E-state index contributed by atoms with van der Waals surface area (Å²) in [6.45, 7) is 1.89. The average Bonchev–Trinajstić information content (AvgIpc) is 2.65. The van der Waals surface area contributed by atoms with Crippen molar-refractivity contribution in [3.05, 3.63) is 29.6 Å². The minimum atomic E-state index is -3.87. The quantitative estimate of drug-likeness (QED) is 0.820. The normalized spacial score (nSPS) is 18.3. The fraction of sp³-hybridized carbons (Fsp3) is 0.600. The molecular formula is C15H24ClFN2O2S. The van der Waals surface area contributed by atoms with Crippen molar-refractivity contribution in [1.29, 1.82) is 0 Å². The lowest BCUT2D eigenvalue weighted by atomic mass is 9.92. The van der Waals surface area contributed by atoms with Crippen LogP contribution >= 0.6 is 12.4 Å². The Morgan fingerprint density at radius 3 is 2.41 bits per heavy atom. The van der Waals surface area contributed by atoms with Crippen molar-refractivity contribution in [3.8, 4) is 0 Å². The lowest BCUT2D eigenvalue weighted by Gasteiger charge is -2.28. The Morgan fingerprint density at radius 1 is 1.23 bits per heavy atom. The molecule has 0 bridgehead atoms. The van der Waals surface area contributed by atoms with Crippen LogP contribution in [0.5, 0.6) is 0 Å². The molecule has 1 fully saturated rings. The lowest BCUT2D eigenvalue weighted by molar-refractivity contribution is 0.368. The molecule has 0 heterocycles. The van der Waals surface area contributed by atoms with Gasteiger partial charge < -0.3 is 5.73 Å². The van der Waals surface area contributed by atoms with Gasteiger partial charge in [0.05, 0.1) is 0 Å². The van der Waals surface area contributed by atoms with Crippen molar-refractivity contribution < 1.29 is 12.8 Å². The van der Waals surface area contributed by atoms with Crippen molar-refractivity contribution in [2.45, 2.75) is 55.9 Å². The van der Waals surface area contributed by atoms with Gasteiger partial charge in [-0.25, -0.2) is 17.5 Å². The highest BCUT2D eigenvalue weighted by Gasteiger charge is 2.29. The number of benzene rings is 1. The summed E-state index contributed by atoms with van der Waals surface area (Å²) in [5.74, 6) is -0.736. The minimum Gasteiger partial charge on any atom is -0.324 e. The van der Waals surface area contributed by atoms with Crippen LogP contribution in [-0.4, -0.2) is 20.5 Å². The molecule has 0 amide bonds. The van der Waals surface area contributed by atoms with Gasteiger partial charge in [0.25, 0.3) is 0 Å². The van der Waals surface area contributed by atoms with Gasteiger partial charge in [-0.15, -0.1) is 12.4 Å². The third-order valence-corrected chi connectivity index (χ3v) is 5.51. The van der Waals surface area contributed by atoms with Gasteiger partial charge in [-0.3, -0.25) is 0 Å². The van der Waals surface area contributed by atoms with Gasteiger partial charge in [-0.2, -0.15) is 0 Å². The highest BCUT2D eigenvalue weighted by molar-refractivity contribution is 7.89. The maximum absolute atomic E-state index is 13.7. The summed E-state index contributed by atoms with van der Waals surface area (Å²) in [5, 5.41) is 0. The molecule has 0 atom stereocenters. The van der Waals surface area contributed by atoms with Gasteiger partial charge >= 0.3 is 0 Å². The molecule has 1 aliphatic carbocycles. The van der Waals surface area contributed by atoms with Crippen LogP contribution in [0.1, 0.15) is 44.1 Å². The number of nitrogens with one attached hydrogen (secondary N) is 1. The van der Waals surface area contributed by atoms with Crippen molar-refractivity contribution in [2.24, 2.45) is 5.73 Å². The number of nitrogens with two attached hydrogens (primary N) is 1. The van der Waals surface area contributed by atoms with E-state index in [-0.39, 0.29) is 23.8 Å². The molecule has 1 aromatic rings. The molecule has 0 aromatic heterocycles. The number of sulfonamides is 1. The molecule has 1 aromatic carbocycles. The van der Waals surface area contributed by atoms with Gasteiger partial charge in [0.15, 0.2) is 0 Å². The van der Waals surface area contributed by atoms with Crippen LogP contribution in [0.2, 0.25) is 0 Å². The van der Waals surface area contributed by atoms with Gasteiger partial charge in [-0.05, 0) is 37.5 Å². The zero-order valence-electron chi connectivity index (χ0n) is 12.8. The van der Waals surface area contributed by atoms with E-state index in [2.05, 4.69) is 4.72 Å². The third-order valence-electron chi connectivity index (χ3n) is 4.09.